The Balaban J connectivity index is 3.37. The molecular weight excluding hydrogens is 257 g/mol. The smallest absolute Gasteiger partial charge is 0.338 e. The molecule has 0 saturated carbocycles. The summed E-state index contributed by atoms with van der Waals surface area (Å²) in [4.78, 5) is 18.7. The highest BCUT2D eigenvalue weighted by Crippen LogP contribution is 2.26. The first-order chi connectivity index (χ1) is 7.71. The van der Waals surface area contributed by atoms with E-state index in [9.17, 15) is 27.2 Å². The molecule has 0 aliphatic carbocycles. The molecule has 92 valence electrons. The van der Waals surface area contributed by atoms with Crippen molar-refractivity contribution in [2.45, 2.75) is 11.3 Å². The van der Waals surface area contributed by atoms with Gasteiger partial charge in [0.1, 0.15) is 0 Å². The highest BCUT2D eigenvalue weighted by atomic mass is 32.3. The van der Waals surface area contributed by atoms with Crippen LogP contribution < -0.4 is 0 Å². The molecule has 7 nitrogen and oxygen atoms in total. The number of nitro groups is 1. The first kappa shape index (κ1) is 13.0. The Labute approximate surface area is 94.9 Å². The van der Waals surface area contributed by atoms with E-state index in [-0.39, 0.29) is 5.56 Å². The van der Waals surface area contributed by atoms with Crippen LogP contribution in [0.25, 0.3) is 0 Å². The number of nitrogens with zero attached hydrogens (tertiary/aromatic N) is 1. The second-order valence-corrected chi connectivity index (χ2v) is 4.38. The SMILES string of the molecule is O=C(O)Cc1ccc(S(=O)(=O)F)c([N+](=O)[O-])c1. The minimum atomic E-state index is -5.21. The van der Waals surface area contributed by atoms with Crippen molar-refractivity contribution in [2.24, 2.45) is 0 Å². The van der Waals surface area contributed by atoms with Gasteiger partial charge in [0.05, 0.1) is 11.3 Å². The number of hydrogen-bond acceptors (Lipinski definition) is 5. The molecule has 1 N–H and O–H groups in total. The maximum Gasteiger partial charge on any atom is 0.338 e. The van der Waals surface area contributed by atoms with Crippen molar-refractivity contribution in [1.29, 1.82) is 0 Å². The number of nitro benzene ring substituents is 1. The van der Waals surface area contributed by atoms with Gasteiger partial charge in [-0.15, -0.1) is 3.89 Å². The summed E-state index contributed by atoms with van der Waals surface area (Å²) in [5, 5.41) is 19.0. The molecule has 0 unspecified atom stereocenters. The molecule has 0 saturated heterocycles. The lowest BCUT2D eigenvalue weighted by Gasteiger charge is -2.01. The van der Waals surface area contributed by atoms with Crippen molar-refractivity contribution >= 4 is 21.9 Å². The zero-order chi connectivity index (χ0) is 13.2. The van der Waals surface area contributed by atoms with E-state index < -0.39 is 38.1 Å². The summed E-state index contributed by atoms with van der Waals surface area (Å²) in [6, 6.07) is 2.40. The molecule has 0 spiro atoms. The molecular formula is C8H6FNO6S. The third kappa shape index (κ3) is 3.21. The van der Waals surface area contributed by atoms with Gasteiger partial charge in [-0.1, -0.05) is 6.07 Å². The van der Waals surface area contributed by atoms with Crippen LogP contribution in [0.5, 0.6) is 0 Å². The van der Waals surface area contributed by atoms with Crippen molar-refractivity contribution in [3.63, 3.8) is 0 Å². The summed E-state index contributed by atoms with van der Waals surface area (Å²) in [5.74, 6) is -1.24. The van der Waals surface area contributed by atoms with E-state index in [2.05, 4.69) is 0 Å². The molecule has 1 aromatic carbocycles. The Kier molecular flexibility index (Phi) is 3.42. The highest BCUT2D eigenvalue weighted by molar-refractivity contribution is 7.86. The number of benzene rings is 1. The van der Waals surface area contributed by atoms with E-state index in [0.29, 0.717) is 6.07 Å². The Morgan fingerprint density at radius 3 is 2.47 bits per heavy atom. The summed E-state index contributed by atoms with van der Waals surface area (Å²) in [7, 11) is -5.21. The predicted molar refractivity (Wildman–Crippen MR) is 52.7 cm³/mol. The van der Waals surface area contributed by atoms with Crippen LogP contribution in [0.4, 0.5) is 9.57 Å². The monoisotopic (exact) mass is 263 g/mol. The first-order valence-corrected chi connectivity index (χ1v) is 5.54. The lowest BCUT2D eigenvalue weighted by Crippen LogP contribution is -2.04. The number of aliphatic carboxylic acids is 1. The fourth-order valence-corrected chi connectivity index (χ4v) is 1.81. The van der Waals surface area contributed by atoms with Crippen molar-refractivity contribution in [1.82, 2.24) is 0 Å². The maximum absolute atomic E-state index is 12.7. The van der Waals surface area contributed by atoms with E-state index in [1.807, 2.05) is 0 Å². The maximum atomic E-state index is 12.7. The Bertz CT molecular complexity index is 582. The van der Waals surface area contributed by atoms with Gasteiger partial charge in [-0.3, -0.25) is 14.9 Å². The van der Waals surface area contributed by atoms with Gasteiger partial charge in [0.25, 0.3) is 5.69 Å². The first-order valence-electron chi connectivity index (χ1n) is 4.15. The molecule has 0 atom stereocenters. The van der Waals surface area contributed by atoms with Gasteiger partial charge in [0.2, 0.25) is 0 Å². The van der Waals surface area contributed by atoms with Crippen LogP contribution in [-0.4, -0.2) is 24.4 Å². The van der Waals surface area contributed by atoms with E-state index in [0.717, 1.165) is 12.1 Å². The average molecular weight is 263 g/mol. The molecule has 0 aromatic heterocycles. The van der Waals surface area contributed by atoms with Gasteiger partial charge in [-0.25, -0.2) is 0 Å². The highest BCUT2D eigenvalue weighted by Gasteiger charge is 2.25. The van der Waals surface area contributed by atoms with Crippen LogP contribution in [0.15, 0.2) is 23.1 Å². The van der Waals surface area contributed by atoms with E-state index >= 15 is 0 Å². The molecule has 0 amide bonds. The molecule has 0 bridgehead atoms. The number of carboxylic acid groups (broad SMARTS) is 1. The second-order valence-electron chi connectivity index (χ2n) is 3.07. The van der Waals surface area contributed by atoms with E-state index in [1.54, 1.807) is 0 Å². The van der Waals surface area contributed by atoms with E-state index in [1.165, 1.54) is 0 Å². The Morgan fingerprint density at radius 1 is 1.47 bits per heavy atom. The zero-order valence-electron chi connectivity index (χ0n) is 8.16. The van der Waals surface area contributed by atoms with Gasteiger partial charge in [-0.2, -0.15) is 8.42 Å². The fraction of sp³-hybridized carbons (Fsp3) is 0.125. The summed E-state index contributed by atoms with van der Waals surface area (Å²) in [6.07, 6.45) is -0.520. The summed E-state index contributed by atoms with van der Waals surface area (Å²) >= 11 is 0. The van der Waals surface area contributed by atoms with E-state index in [4.69, 9.17) is 5.11 Å². The topological polar surface area (TPSA) is 115 Å². The molecule has 0 aliphatic heterocycles. The number of halogens is 1. The number of hydrogen-bond donors (Lipinski definition) is 1. The summed E-state index contributed by atoms with van der Waals surface area (Å²) in [6.45, 7) is 0. The van der Waals surface area contributed by atoms with Crippen LogP contribution in [-0.2, 0) is 21.4 Å². The van der Waals surface area contributed by atoms with Crippen LogP contribution in [0.1, 0.15) is 5.56 Å². The van der Waals surface area contributed by atoms with Gasteiger partial charge in [0, 0.05) is 6.07 Å². The lowest BCUT2D eigenvalue weighted by atomic mass is 10.1. The number of carboxylic acids is 1. The fourth-order valence-electron chi connectivity index (χ4n) is 1.20. The van der Waals surface area contributed by atoms with Gasteiger partial charge in [0.15, 0.2) is 4.90 Å². The molecule has 17 heavy (non-hydrogen) atoms. The summed E-state index contributed by atoms with van der Waals surface area (Å²) in [5.41, 5.74) is -0.970. The molecule has 1 rings (SSSR count). The predicted octanol–water partition coefficient (Wildman–Crippen LogP) is 0.880. The molecule has 0 fully saturated rings. The van der Waals surface area contributed by atoms with Crippen LogP contribution in [0.2, 0.25) is 0 Å². The van der Waals surface area contributed by atoms with Crippen molar-refractivity contribution in [3.05, 3.63) is 33.9 Å². The lowest BCUT2D eigenvalue weighted by molar-refractivity contribution is -0.387. The molecule has 9 heteroatoms. The van der Waals surface area contributed by atoms with Crippen molar-refractivity contribution in [2.75, 3.05) is 0 Å². The molecule has 0 heterocycles. The zero-order valence-corrected chi connectivity index (χ0v) is 8.98. The standard InChI is InChI=1S/C8H6FNO6S/c9-17(15,16)7-2-1-5(4-8(11)12)3-6(7)10(13)14/h1-3H,4H2,(H,11,12). The van der Waals surface area contributed by atoms with Gasteiger partial charge in [-0.05, 0) is 11.6 Å². The third-order valence-corrected chi connectivity index (χ3v) is 2.71. The largest absolute Gasteiger partial charge is 0.481 e. The van der Waals surface area contributed by atoms with Gasteiger partial charge < -0.3 is 5.11 Å². The average Bonchev–Trinajstić information content (AvgIpc) is 2.14. The normalized spacial score (nSPS) is 11.1. The molecule has 0 aliphatic rings. The minimum absolute atomic E-state index is 0.0107. The molecule has 0 radical (unpaired) electrons. The Hall–Kier alpha value is -2.03. The van der Waals surface area contributed by atoms with Crippen LogP contribution in [0.3, 0.4) is 0 Å². The quantitative estimate of drug-likeness (QED) is 0.490. The summed E-state index contributed by atoms with van der Waals surface area (Å²) < 4.78 is 33.9. The second kappa shape index (κ2) is 4.45. The minimum Gasteiger partial charge on any atom is -0.481 e. The number of carbonyl (C=O) groups is 1. The third-order valence-electron chi connectivity index (χ3n) is 1.84. The Morgan fingerprint density at radius 2 is 2.06 bits per heavy atom. The van der Waals surface area contributed by atoms with Crippen LogP contribution >= 0.6 is 0 Å². The molecule has 1 aromatic rings. The van der Waals surface area contributed by atoms with Crippen LogP contribution in [0, 0.1) is 10.1 Å². The number of rotatable bonds is 4. The van der Waals surface area contributed by atoms with Gasteiger partial charge >= 0.3 is 16.2 Å². The van der Waals surface area contributed by atoms with Crippen molar-refractivity contribution in [3.8, 4) is 0 Å². The van der Waals surface area contributed by atoms with Crippen molar-refractivity contribution < 1.29 is 27.1 Å².